The van der Waals surface area contributed by atoms with E-state index in [0.29, 0.717) is 15.6 Å². The van der Waals surface area contributed by atoms with E-state index in [1.54, 1.807) is 11.3 Å². The summed E-state index contributed by atoms with van der Waals surface area (Å²) in [5.41, 5.74) is 5.63. The molecule has 0 fully saturated rings. The topological polar surface area (TPSA) is 60.5 Å². The van der Waals surface area contributed by atoms with Crippen molar-refractivity contribution < 1.29 is 0 Å². The lowest BCUT2D eigenvalue weighted by Crippen LogP contribution is -2.09. The number of thiophene rings is 1. The van der Waals surface area contributed by atoms with Crippen LogP contribution in [-0.2, 0) is 12.8 Å². The van der Waals surface area contributed by atoms with Crippen LogP contribution in [0.3, 0.4) is 0 Å². The first-order valence-corrected chi connectivity index (χ1v) is 10.3. The average molecular weight is 394 g/mol. The average Bonchev–Trinajstić information content (AvgIpc) is 3.15. The molecule has 0 saturated carbocycles. The van der Waals surface area contributed by atoms with E-state index >= 15 is 0 Å². The van der Waals surface area contributed by atoms with Crippen LogP contribution in [0.1, 0.15) is 16.0 Å². The summed E-state index contributed by atoms with van der Waals surface area (Å²) in [4.78, 5) is 6.14. The summed E-state index contributed by atoms with van der Waals surface area (Å²) < 4.78 is 0. The zero-order valence-electron chi connectivity index (χ0n) is 13.6. The molecule has 0 N–H and O–H groups in total. The van der Waals surface area contributed by atoms with E-state index in [-0.39, 0.29) is 5.75 Å². The first kappa shape index (κ1) is 17.1. The van der Waals surface area contributed by atoms with Gasteiger partial charge in [0.25, 0.3) is 0 Å². The summed E-state index contributed by atoms with van der Waals surface area (Å²) in [6.45, 7) is 0. The van der Waals surface area contributed by atoms with Gasteiger partial charge in [-0.15, -0.1) is 11.3 Å². The molecule has 4 rings (SSSR count). The summed E-state index contributed by atoms with van der Waals surface area (Å²) in [5.74, 6) is 0.261. The van der Waals surface area contributed by atoms with Crippen LogP contribution >= 0.6 is 34.7 Å². The molecule has 6 heteroatoms. The fourth-order valence-electron chi connectivity index (χ4n) is 3.30. The van der Waals surface area contributed by atoms with Crippen molar-refractivity contribution in [1.82, 2.24) is 4.98 Å². The summed E-state index contributed by atoms with van der Waals surface area (Å²) >= 11 is 9.11. The number of rotatable bonds is 3. The minimum atomic E-state index is 0.261. The van der Waals surface area contributed by atoms with Crippen molar-refractivity contribution in [2.45, 2.75) is 17.9 Å². The fraction of sp³-hybridized carbons (Fsp3) is 0.150. The number of hydrogen-bond acceptors (Lipinski definition) is 5. The second kappa shape index (κ2) is 7.13. The first-order chi connectivity index (χ1) is 12.7. The third-order valence-electron chi connectivity index (χ3n) is 4.39. The Kier molecular flexibility index (Phi) is 4.70. The molecule has 2 aromatic heterocycles. The van der Waals surface area contributed by atoms with Crippen molar-refractivity contribution in [2.75, 3.05) is 5.75 Å². The number of pyridine rings is 1. The largest absolute Gasteiger partial charge is 0.240 e. The smallest absolute Gasteiger partial charge is 0.116 e. The predicted octanol–water partition coefficient (Wildman–Crippen LogP) is 5.72. The molecule has 0 saturated heterocycles. The highest BCUT2D eigenvalue weighted by molar-refractivity contribution is 7.99. The first-order valence-electron chi connectivity index (χ1n) is 8.02. The van der Waals surface area contributed by atoms with Crippen LogP contribution in [0.25, 0.3) is 22.4 Å². The molecule has 1 aliphatic carbocycles. The van der Waals surface area contributed by atoms with Crippen molar-refractivity contribution in [1.29, 1.82) is 10.5 Å². The summed E-state index contributed by atoms with van der Waals surface area (Å²) in [7, 11) is 0. The van der Waals surface area contributed by atoms with Crippen molar-refractivity contribution >= 4 is 34.7 Å². The SMILES string of the molecule is N#CCSc1nc2c(c(-c3ccc(Cl)cc3)c1C#N)CCc1sccc1-2. The maximum atomic E-state index is 9.86. The van der Waals surface area contributed by atoms with Gasteiger partial charge >= 0.3 is 0 Å². The minimum absolute atomic E-state index is 0.261. The Morgan fingerprint density at radius 2 is 1.96 bits per heavy atom. The normalized spacial score (nSPS) is 12.0. The number of aryl methyl sites for hydroxylation is 1. The van der Waals surface area contributed by atoms with Gasteiger partial charge in [0.15, 0.2) is 0 Å². The summed E-state index contributed by atoms with van der Waals surface area (Å²) in [5, 5.41) is 22.2. The number of benzene rings is 1. The van der Waals surface area contributed by atoms with Gasteiger partial charge in [0.05, 0.1) is 23.1 Å². The maximum Gasteiger partial charge on any atom is 0.116 e. The molecule has 0 spiro atoms. The number of thioether (sulfide) groups is 1. The monoisotopic (exact) mass is 393 g/mol. The Bertz CT molecular complexity index is 1070. The second-order valence-electron chi connectivity index (χ2n) is 5.82. The second-order valence-corrected chi connectivity index (χ2v) is 8.22. The van der Waals surface area contributed by atoms with Crippen LogP contribution in [0.5, 0.6) is 0 Å². The molecule has 0 unspecified atom stereocenters. The molecule has 3 aromatic rings. The van der Waals surface area contributed by atoms with Gasteiger partial charge < -0.3 is 0 Å². The highest BCUT2D eigenvalue weighted by Gasteiger charge is 2.26. The van der Waals surface area contributed by atoms with Gasteiger partial charge in [-0.2, -0.15) is 10.5 Å². The molecular weight excluding hydrogens is 382 g/mol. The molecule has 126 valence electrons. The number of hydrogen-bond donors (Lipinski definition) is 0. The molecule has 2 heterocycles. The van der Waals surface area contributed by atoms with Crippen LogP contribution < -0.4 is 0 Å². The molecule has 0 aliphatic heterocycles. The van der Waals surface area contributed by atoms with Crippen molar-refractivity contribution in [3.8, 4) is 34.5 Å². The standard InChI is InChI=1S/C20H12ClN3S2/c21-13-3-1-12(2-4-13)18-15-5-6-17-14(7-9-25-17)19(15)24-20(16(18)11-23)26-10-8-22/h1-4,7,9H,5-6,10H2. The van der Waals surface area contributed by atoms with E-state index in [0.717, 1.165) is 40.8 Å². The number of aromatic nitrogens is 1. The Labute approximate surface area is 164 Å². The van der Waals surface area contributed by atoms with Gasteiger partial charge in [-0.05, 0) is 47.5 Å². The Balaban J connectivity index is 2.02. The molecule has 3 nitrogen and oxygen atoms in total. The minimum Gasteiger partial charge on any atom is -0.240 e. The third kappa shape index (κ3) is 2.89. The van der Waals surface area contributed by atoms with Gasteiger partial charge in [-0.25, -0.2) is 4.98 Å². The van der Waals surface area contributed by atoms with Crippen molar-refractivity contribution in [3.05, 3.63) is 56.7 Å². The van der Waals surface area contributed by atoms with Gasteiger partial charge in [-0.3, -0.25) is 0 Å². The Hall–Kier alpha value is -2.31. The molecule has 1 aliphatic rings. The molecular formula is C20H12ClN3S2. The lowest BCUT2D eigenvalue weighted by atomic mass is 9.86. The van der Waals surface area contributed by atoms with E-state index in [1.807, 2.05) is 24.3 Å². The molecule has 0 amide bonds. The van der Waals surface area contributed by atoms with E-state index in [9.17, 15) is 5.26 Å². The van der Waals surface area contributed by atoms with E-state index < -0.39 is 0 Å². The van der Waals surface area contributed by atoms with Gasteiger partial charge in [0.2, 0.25) is 0 Å². The fourth-order valence-corrected chi connectivity index (χ4v) is 4.95. The molecule has 0 bridgehead atoms. The lowest BCUT2D eigenvalue weighted by Gasteiger charge is -2.22. The summed E-state index contributed by atoms with van der Waals surface area (Å²) in [6, 6.07) is 14.1. The molecule has 26 heavy (non-hydrogen) atoms. The van der Waals surface area contributed by atoms with Crippen molar-refractivity contribution in [3.63, 3.8) is 0 Å². The van der Waals surface area contributed by atoms with Crippen molar-refractivity contribution in [2.24, 2.45) is 0 Å². The van der Waals surface area contributed by atoms with Crippen LogP contribution in [0.15, 0.2) is 40.7 Å². The van der Waals surface area contributed by atoms with Crippen LogP contribution in [0, 0.1) is 22.7 Å². The highest BCUT2D eigenvalue weighted by Crippen LogP contribution is 2.43. The van der Waals surface area contributed by atoms with Crippen LogP contribution in [0.4, 0.5) is 0 Å². The number of nitrogens with zero attached hydrogens (tertiary/aromatic N) is 3. The highest BCUT2D eigenvalue weighted by atomic mass is 35.5. The lowest BCUT2D eigenvalue weighted by molar-refractivity contribution is 0.931. The van der Waals surface area contributed by atoms with E-state index in [2.05, 4.69) is 23.6 Å². The molecule has 1 aromatic carbocycles. The predicted molar refractivity (Wildman–Crippen MR) is 106 cm³/mol. The van der Waals surface area contributed by atoms with Gasteiger partial charge in [0.1, 0.15) is 11.1 Å². The Morgan fingerprint density at radius 1 is 1.15 bits per heavy atom. The molecule has 0 atom stereocenters. The van der Waals surface area contributed by atoms with Crippen LogP contribution in [-0.4, -0.2) is 10.7 Å². The zero-order chi connectivity index (χ0) is 18.1. The van der Waals surface area contributed by atoms with E-state index in [4.69, 9.17) is 21.8 Å². The number of fused-ring (bicyclic) bond motifs is 3. The number of halogens is 1. The van der Waals surface area contributed by atoms with Crippen LogP contribution in [0.2, 0.25) is 5.02 Å². The Morgan fingerprint density at radius 3 is 2.69 bits per heavy atom. The third-order valence-corrected chi connectivity index (χ3v) is 6.46. The van der Waals surface area contributed by atoms with Gasteiger partial charge in [0, 0.05) is 21.0 Å². The summed E-state index contributed by atoms with van der Waals surface area (Å²) in [6.07, 6.45) is 1.81. The van der Waals surface area contributed by atoms with E-state index in [1.165, 1.54) is 16.6 Å². The van der Waals surface area contributed by atoms with Gasteiger partial charge in [-0.1, -0.05) is 35.5 Å². The zero-order valence-corrected chi connectivity index (χ0v) is 16.0. The maximum absolute atomic E-state index is 9.86. The number of nitriles is 2. The molecule has 0 radical (unpaired) electrons. The quantitative estimate of drug-likeness (QED) is 0.534.